The van der Waals surface area contributed by atoms with E-state index in [0.717, 1.165) is 19.3 Å². The van der Waals surface area contributed by atoms with Crippen LogP contribution in [0.3, 0.4) is 0 Å². The summed E-state index contributed by atoms with van der Waals surface area (Å²) in [5.74, 6) is -0.0928. The number of nitrogens with zero attached hydrogens (tertiary/aromatic N) is 2. The molecule has 1 aliphatic rings. The largest absolute Gasteiger partial charge is 0.396 e. The summed E-state index contributed by atoms with van der Waals surface area (Å²) in [7, 11) is -3.42. The Hall–Kier alpha value is -1.42. The maximum Gasteiger partial charge on any atom is 0.218 e. The van der Waals surface area contributed by atoms with Gasteiger partial charge in [0.15, 0.2) is 0 Å². The van der Waals surface area contributed by atoms with Gasteiger partial charge in [0.2, 0.25) is 10.0 Å². The Kier molecular flexibility index (Phi) is 5.34. The van der Waals surface area contributed by atoms with Crippen LogP contribution in [0.5, 0.6) is 0 Å². The van der Waals surface area contributed by atoms with Gasteiger partial charge in [0.05, 0.1) is 17.4 Å². The second-order valence-corrected chi connectivity index (χ2v) is 7.26. The molecule has 0 aromatic heterocycles. The van der Waals surface area contributed by atoms with E-state index in [0.29, 0.717) is 24.1 Å². The number of aliphatic hydroxyl groups is 1. The number of hydrogen-bond acceptors (Lipinski definition) is 4. The van der Waals surface area contributed by atoms with Crippen molar-refractivity contribution in [2.24, 2.45) is 0 Å². The standard InChI is InChI=1S/C15H20N2O3S/c16-11-13-4-3-5-14(10-13)12-21(19,20)17-8-2-1-6-15(17)7-9-18/h3-5,10,15,18H,1-2,6-9,12H2. The number of benzene rings is 1. The van der Waals surface area contributed by atoms with E-state index >= 15 is 0 Å². The Balaban J connectivity index is 2.18. The fourth-order valence-electron chi connectivity index (χ4n) is 2.80. The van der Waals surface area contributed by atoms with Crippen LogP contribution >= 0.6 is 0 Å². The first-order valence-corrected chi connectivity index (χ1v) is 8.77. The van der Waals surface area contributed by atoms with E-state index in [1.54, 1.807) is 24.3 Å². The normalized spacial score (nSPS) is 20.1. The van der Waals surface area contributed by atoms with Gasteiger partial charge in [0, 0.05) is 19.2 Å². The van der Waals surface area contributed by atoms with Crippen LogP contribution in [0, 0.1) is 11.3 Å². The van der Waals surface area contributed by atoms with Crippen LogP contribution in [-0.4, -0.2) is 37.0 Å². The molecule has 21 heavy (non-hydrogen) atoms. The van der Waals surface area contributed by atoms with Crippen molar-refractivity contribution in [3.05, 3.63) is 35.4 Å². The lowest BCUT2D eigenvalue weighted by Crippen LogP contribution is -2.44. The molecule has 6 heteroatoms. The van der Waals surface area contributed by atoms with Crippen molar-refractivity contribution < 1.29 is 13.5 Å². The van der Waals surface area contributed by atoms with Gasteiger partial charge in [-0.3, -0.25) is 0 Å². The van der Waals surface area contributed by atoms with Crippen molar-refractivity contribution in [3.8, 4) is 6.07 Å². The van der Waals surface area contributed by atoms with Gasteiger partial charge in [-0.1, -0.05) is 18.6 Å². The molecule has 0 amide bonds. The fraction of sp³-hybridized carbons (Fsp3) is 0.533. The van der Waals surface area contributed by atoms with Gasteiger partial charge in [-0.15, -0.1) is 0 Å². The summed E-state index contributed by atoms with van der Waals surface area (Å²) in [4.78, 5) is 0. The van der Waals surface area contributed by atoms with E-state index in [1.807, 2.05) is 6.07 Å². The first-order chi connectivity index (χ1) is 10.1. The minimum atomic E-state index is -3.42. The minimum Gasteiger partial charge on any atom is -0.396 e. The van der Waals surface area contributed by atoms with E-state index in [4.69, 9.17) is 10.4 Å². The summed E-state index contributed by atoms with van der Waals surface area (Å²) in [6.07, 6.45) is 3.15. The summed E-state index contributed by atoms with van der Waals surface area (Å²) < 4.78 is 26.7. The fourth-order valence-corrected chi connectivity index (χ4v) is 4.64. The van der Waals surface area contributed by atoms with Crippen molar-refractivity contribution in [1.82, 2.24) is 4.31 Å². The van der Waals surface area contributed by atoms with Crippen LogP contribution < -0.4 is 0 Å². The van der Waals surface area contributed by atoms with E-state index in [1.165, 1.54) is 4.31 Å². The second-order valence-electron chi connectivity index (χ2n) is 5.34. The Morgan fingerprint density at radius 1 is 1.38 bits per heavy atom. The zero-order chi connectivity index (χ0) is 15.3. The SMILES string of the molecule is N#Cc1cccc(CS(=O)(=O)N2CCCCC2CCO)c1. The van der Waals surface area contributed by atoms with Crippen molar-refractivity contribution in [2.45, 2.75) is 37.5 Å². The predicted octanol–water partition coefficient (Wildman–Crippen LogP) is 1.62. The maximum atomic E-state index is 12.6. The number of sulfonamides is 1. The van der Waals surface area contributed by atoms with Crippen LogP contribution in [0.15, 0.2) is 24.3 Å². The van der Waals surface area contributed by atoms with Crippen molar-refractivity contribution >= 4 is 10.0 Å². The van der Waals surface area contributed by atoms with Gasteiger partial charge in [-0.2, -0.15) is 9.57 Å². The molecule has 1 saturated heterocycles. The third kappa shape index (κ3) is 4.03. The molecular weight excluding hydrogens is 288 g/mol. The van der Waals surface area contributed by atoms with Crippen LogP contribution in [0.4, 0.5) is 0 Å². The number of nitriles is 1. The van der Waals surface area contributed by atoms with Crippen LogP contribution in [0.1, 0.15) is 36.8 Å². The summed E-state index contributed by atoms with van der Waals surface area (Å²) in [6, 6.07) is 8.61. The third-order valence-corrected chi connectivity index (χ3v) is 5.69. The molecule has 1 fully saturated rings. The zero-order valence-electron chi connectivity index (χ0n) is 11.9. The summed E-state index contributed by atoms with van der Waals surface area (Å²) >= 11 is 0. The average molecular weight is 308 g/mol. The molecule has 1 aliphatic heterocycles. The highest BCUT2D eigenvalue weighted by Crippen LogP contribution is 2.24. The number of piperidine rings is 1. The predicted molar refractivity (Wildman–Crippen MR) is 79.8 cm³/mol. The quantitative estimate of drug-likeness (QED) is 0.896. The molecule has 1 aromatic rings. The van der Waals surface area contributed by atoms with Gasteiger partial charge in [0.25, 0.3) is 0 Å². The molecule has 1 unspecified atom stereocenters. The Morgan fingerprint density at radius 3 is 2.90 bits per heavy atom. The third-order valence-electron chi connectivity index (χ3n) is 3.80. The molecule has 5 nitrogen and oxygen atoms in total. The topological polar surface area (TPSA) is 81.4 Å². The molecule has 0 aliphatic carbocycles. The zero-order valence-corrected chi connectivity index (χ0v) is 12.7. The van der Waals surface area contributed by atoms with Gasteiger partial charge < -0.3 is 5.11 Å². The second kappa shape index (κ2) is 7.03. The molecule has 1 atom stereocenters. The number of hydrogen-bond donors (Lipinski definition) is 1. The Bertz CT molecular complexity index is 620. The van der Waals surface area contributed by atoms with E-state index < -0.39 is 10.0 Å². The molecule has 114 valence electrons. The molecule has 1 heterocycles. The lowest BCUT2D eigenvalue weighted by Gasteiger charge is -2.34. The Morgan fingerprint density at radius 2 is 2.19 bits per heavy atom. The van der Waals surface area contributed by atoms with E-state index in [9.17, 15) is 8.42 Å². The number of rotatable bonds is 5. The lowest BCUT2D eigenvalue weighted by atomic mass is 10.0. The van der Waals surface area contributed by atoms with Crippen LogP contribution in [0.2, 0.25) is 0 Å². The van der Waals surface area contributed by atoms with Gasteiger partial charge in [-0.25, -0.2) is 8.42 Å². The average Bonchev–Trinajstić information content (AvgIpc) is 2.48. The summed E-state index contributed by atoms with van der Waals surface area (Å²) in [5.41, 5.74) is 1.09. The maximum absolute atomic E-state index is 12.6. The smallest absolute Gasteiger partial charge is 0.218 e. The first-order valence-electron chi connectivity index (χ1n) is 7.16. The highest BCUT2D eigenvalue weighted by Gasteiger charge is 2.31. The molecule has 0 spiro atoms. The molecule has 1 aromatic carbocycles. The molecule has 2 rings (SSSR count). The van der Waals surface area contributed by atoms with Crippen molar-refractivity contribution in [1.29, 1.82) is 5.26 Å². The number of aliphatic hydroxyl groups excluding tert-OH is 1. The van der Waals surface area contributed by atoms with Gasteiger partial charge in [0.1, 0.15) is 0 Å². The van der Waals surface area contributed by atoms with E-state index in [-0.39, 0.29) is 18.4 Å². The molecule has 1 N–H and O–H groups in total. The molecule has 0 bridgehead atoms. The van der Waals surface area contributed by atoms with Crippen LogP contribution in [0.25, 0.3) is 0 Å². The van der Waals surface area contributed by atoms with Crippen LogP contribution in [-0.2, 0) is 15.8 Å². The van der Waals surface area contributed by atoms with E-state index in [2.05, 4.69) is 0 Å². The van der Waals surface area contributed by atoms with Gasteiger partial charge in [-0.05, 0) is 37.0 Å². The summed E-state index contributed by atoms with van der Waals surface area (Å²) in [5, 5.41) is 18.0. The van der Waals surface area contributed by atoms with Crippen molar-refractivity contribution in [2.75, 3.05) is 13.2 Å². The minimum absolute atomic E-state index is 0.000599. The highest BCUT2D eigenvalue weighted by molar-refractivity contribution is 7.88. The summed E-state index contributed by atoms with van der Waals surface area (Å²) in [6.45, 7) is 0.519. The Labute approximate surface area is 125 Å². The monoisotopic (exact) mass is 308 g/mol. The molecular formula is C15H20N2O3S. The van der Waals surface area contributed by atoms with Gasteiger partial charge >= 0.3 is 0 Å². The molecule has 0 saturated carbocycles. The first kappa shape index (κ1) is 16.0. The lowest BCUT2D eigenvalue weighted by molar-refractivity contribution is 0.192. The highest BCUT2D eigenvalue weighted by atomic mass is 32.2. The molecule has 0 radical (unpaired) electrons. The van der Waals surface area contributed by atoms with Crippen molar-refractivity contribution in [3.63, 3.8) is 0 Å².